The first kappa shape index (κ1) is 17.3. The van der Waals surface area contributed by atoms with Crippen LogP contribution in [0.5, 0.6) is 0 Å². The minimum atomic E-state index is -0.362. The van der Waals surface area contributed by atoms with Gasteiger partial charge in [-0.25, -0.2) is 0 Å². The summed E-state index contributed by atoms with van der Waals surface area (Å²) >= 11 is 5.93. The van der Waals surface area contributed by atoms with Crippen LogP contribution in [-0.2, 0) is 4.79 Å². The van der Waals surface area contributed by atoms with Crippen molar-refractivity contribution in [2.24, 2.45) is 0 Å². The number of hydrogen-bond acceptors (Lipinski definition) is 3. The Kier molecular flexibility index (Phi) is 4.65. The zero-order valence-electron chi connectivity index (χ0n) is 14.5. The molecule has 0 N–H and O–H groups in total. The number of imide groups is 1. The number of anilines is 1. The Morgan fingerprint density at radius 3 is 2.07 bits per heavy atom. The summed E-state index contributed by atoms with van der Waals surface area (Å²) in [6.07, 6.45) is 0.234. The third kappa shape index (κ3) is 3.32. The molecule has 0 saturated carbocycles. The van der Waals surface area contributed by atoms with Crippen molar-refractivity contribution in [3.8, 4) is 0 Å². The molecule has 4 rings (SSSR count). The second kappa shape index (κ2) is 7.25. The van der Waals surface area contributed by atoms with Crippen LogP contribution in [0, 0.1) is 0 Å². The molecule has 134 valence electrons. The van der Waals surface area contributed by atoms with Crippen LogP contribution in [0.2, 0.25) is 5.02 Å². The summed E-state index contributed by atoms with van der Waals surface area (Å²) in [6.45, 7) is 0. The summed E-state index contributed by atoms with van der Waals surface area (Å²) in [6, 6.07) is 25.6. The monoisotopic (exact) mass is 376 g/mol. The Hall–Kier alpha value is -3.11. The van der Waals surface area contributed by atoms with Crippen molar-refractivity contribution in [3.63, 3.8) is 0 Å². The number of carbonyl (C=O) groups excluding carboxylic acids is 2. The average molecular weight is 377 g/mol. The third-order valence-corrected chi connectivity index (χ3v) is 4.86. The summed E-state index contributed by atoms with van der Waals surface area (Å²) in [5, 5.41) is 3.58. The fourth-order valence-electron chi connectivity index (χ4n) is 3.33. The van der Waals surface area contributed by atoms with Crippen LogP contribution in [0.25, 0.3) is 0 Å². The van der Waals surface area contributed by atoms with Gasteiger partial charge in [-0.05, 0) is 42.0 Å². The van der Waals surface area contributed by atoms with Crippen molar-refractivity contribution in [1.29, 1.82) is 0 Å². The molecule has 0 aromatic heterocycles. The molecule has 0 radical (unpaired) electrons. The van der Waals surface area contributed by atoms with Gasteiger partial charge in [-0.3, -0.25) is 14.6 Å². The van der Waals surface area contributed by atoms with Gasteiger partial charge >= 0.3 is 0 Å². The van der Waals surface area contributed by atoms with Gasteiger partial charge in [-0.2, -0.15) is 5.01 Å². The molecule has 3 aromatic carbocycles. The van der Waals surface area contributed by atoms with Crippen molar-refractivity contribution >= 4 is 29.1 Å². The summed E-state index contributed by atoms with van der Waals surface area (Å²) in [5.41, 5.74) is 2.20. The number of benzene rings is 3. The predicted octanol–water partition coefficient (Wildman–Crippen LogP) is 4.88. The lowest BCUT2D eigenvalue weighted by atomic mass is 10.0. The molecular formula is C22H17ClN2O2. The van der Waals surface area contributed by atoms with E-state index in [-0.39, 0.29) is 24.3 Å². The summed E-state index contributed by atoms with van der Waals surface area (Å²) < 4.78 is 0. The Labute approximate surface area is 162 Å². The van der Waals surface area contributed by atoms with Crippen LogP contribution < -0.4 is 5.01 Å². The van der Waals surface area contributed by atoms with Crippen LogP contribution in [0.15, 0.2) is 84.9 Å². The number of hydrazine groups is 1. The van der Waals surface area contributed by atoms with E-state index in [0.29, 0.717) is 10.6 Å². The van der Waals surface area contributed by atoms with E-state index in [0.717, 1.165) is 11.3 Å². The Morgan fingerprint density at radius 1 is 0.852 bits per heavy atom. The highest BCUT2D eigenvalue weighted by atomic mass is 35.5. The van der Waals surface area contributed by atoms with Crippen LogP contribution in [0.1, 0.15) is 28.4 Å². The molecule has 1 saturated heterocycles. The first-order valence-electron chi connectivity index (χ1n) is 8.67. The molecular weight excluding hydrogens is 360 g/mol. The molecule has 1 aliphatic heterocycles. The highest BCUT2D eigenvalue weighted by molar-refractivity contribution is 6.30. The van der Waals surface area contributed by atoms with Gasteiger partial charge in [0, 0.05) is 10.6 Å². The molecule has 1 aliphatic rings. The van der Waals surface area contributed by atoms with E-state index in [1.54, 1.807) is 29.3 Å². The minimum absolute atomic E-state index is 0.229. The number of para-hydroxylation sites is 1. The van der Waals surface area contributed by atoms with Crippen molar-refractivity contribution in [1.82, 2.24) is 5.01 Å². The van der Waals surface area contributed by atoms with E-state index in [2.05, 4.69) is 0 Å². The van der Waals surface area contributed by atoms with E-state index in [1.165, 1.54) is 5.01 Å². The fourth-order valence-corrected chi connectivity index (χ4v) is 3.46. The lowest BCUT2D eigenvalue weighted by molar-refractivity contribution is -0.125. The highest BCUT2D eigenvalue weighted by Gasteiger charge is 2.42. The summed E-state index contributed by atoms with van der Waals surface area (Å²) in [4.78, 5) is 26.0. The maximum Gasteiger partial charge on any atom is 0.279 e. The maximum absolute atomic E-state index is 13.1. The van der Waals surface area contributed by atoms with Crippen molar-refractivity contribution in [2.75, 3.05) is 5.01 Å². The Morgan fingerprint density at radius 2 is 1.44 bits per heavy atom. The van der Waals surface area contributed by atoms with Gasteiger partial charge in [-0.1, -0.05) is 60.1 Å². The SMILES string of the molecule is O=C1CC(c2ccccc2)N(c2ccccc2)N1C(=O)c1ccc(Cl)cc1. The van der Waals surface area contributed by atoms with Crippen molar-refractivity contribution < 1.29 is 9.59 Å². The topological polar surface area (TPSA) is 40.6 Å². The van der Waals surface area contributed by atoms with Crippen molar-refractivity contribution in [2.45, 2.75) is 12.5 Å². The number of amides is 2. The van der Waals surface area contributed by atoms with E-state index in [1.807, 2.05) is 60.7 Å². The number of hydrogen-bond donors (Lipinski definition) is 0. The zero-order valence-corrected chi connectivity index (χ0v) is 15.2. The van der Waals surface area contributed by atoms with E-state index >= 15 is 0 Å². The first-order valence-corrected chi connectivity index (χ1v) is 9.05. The number of carbonyl (C=O) groups is 2. The van der Waals surface area contributed by atoms with Gasteiger partial charge in [-0.15, -0.1) is 0 Å². The van der Waals surface area contributed by atoms with Crippen LogP contribution in [-0.4, -0.2) is 16.8 Å². The van der Waals surface area contributed by atoms with Crippen LogP contribution in [0.4, 0.5) is 5.69 Å². The Balaban J connectivity index is 1.78. The first-order chi connectivity index (χ1) is 13.1. The molecule has 1 heterocycles. The van der Waals surface area contributed by atoms with Gasteiger partial charge < -0.3 is 0 Å². The quantitative estimate of drug-likeness (QED) is 0.612. The largest absolute Gasteiger partial charge is 0.279 e. The van der Waals surface area contributed by atoms with Gasteiger partial charge in [0.2, 0.25) is 0 Å². The maximum atomic E-state index is 13.1. The van der Waals surface area contributed by atoms with E-state index in [9.17, 15) is 9.59 Å². The minimum Gasteiger partial charge on any atom is -0.272 e. The van der Waals surface area contributed by atoms with Gasteiger partial charge in [0.15, 0.2) is 0 Å². The van der Waals surface area contributed by atoms with Gasteiger partial charge in [0.25, 0.3) is 11.8 Å². The van der Waals surface area contributed by atoms with E-state index < -0.39 is 0 Å². The zero-order chi connectivity index (χ0) is 18.8. The molecule has 27 heavy (non-hydrogen) atoms. The van der Waals surface area contributed by atoms with Crippen LogP contribution in [0.3, 0.4) is 0 Å². The second-order valence-electron chi connectivity index (χ2n) is 6.33. The number of nitrogens with zero attached hydrogens (tertiary/aromatic N) is 2. The lowest BCUT2D eigenvalue weighted by Crippen LogP contribution is -2.44. The molecule has 3 aromatic rings. The van der Waals surface area contributed by atoms with Crippen molar-refractivity contribution in [3.05, 3.63) is 101 Å². The van der Waals surface area contributed by atoms with Gasteiger partial charge in [0.05, 0.1) is 18.2 Å². The van der Waals surface area contributed by atoms with Gasteiger partial charge in [0.1, 0.15) is 0 Å². The molecule has 0 bridgehead atoms. The standard InChI is InChI=1S/C22H17ClN2O2/c23-18-13-11-17(12-14-18)22(27)25-21(26)15-20(16-7-3-1-4-8-16)24(25)19-9-5-2-6-10-19/h1-14,20H,15H2. The second-order valence-corrected chi connectivity index (χ2v) is 6.76. The third-order valence-electron chi connectivity index (χ3n) is 4.60. The molecule has 2 amide bonds. The summed E-state index contributed by atoms with van der Waals surface area (Å²) in [5.74, 6) is -0.591. The molecule has 0 spiro atoms. The fraction of sp³-hybridized carbons (Fsp3) is 0.0909. The predicted molar refractivity (Wildman–Crippen MR) is 105 cm³/mol. The highest BCUT2D eigenvalue weighted by Crippen LogP contribution is 2.38. The molecule has 5 heteroatoms. The molecule has 1 unspecified atom stereocenters. The van der Waals surface area contributed by atoms with E-state index in [4.69, 9.17) is 11.6 Å². The average Bonchev–Trinajstić information content (AvgIpc) is 3.06. The molecule has 0 aliphatic carbocycles. The summed E-state index contributed by atoms with van der Waals surface area (Å²) in [7, 11) is 0. The normalized spacial score (nSPS) is 16.6. The van der Waals surface area contributed by atoms with Crippen LogP contribution >= 0.6 is 11.6 Å². The smallest absolute Gasteiger partial charge is 0.272 e. The lowest BCUT2D eigenvalue weighted by Gasteiger charge is -2.32. The number of rotatable bonds is 3. The number of halogens is 1. The Bertz CT molecular complexity index is 959. The molecule has 1 atom stereocenters. The molecule has 1 fully saturated rings. The molecule has 4 nitrogen and oxygen atoms in total.